The summed E-state index contributed by atoms with van der Waals surface area (Å²) >= 11 is 5.87. The van der Waals surface area contributed by atoms with E-state index < -0.39 is 0 Å². The minimum absolute atomic E-state index is 0.0947. The Morgan fingerprint density at radius 3 is 2.73 bits per heavy atom. The molecule has 2 atom stereocenters. The number of nitrogens with one attached hydrogen (secondary N) is 2. The van der Waals surface area contributed by atoms with Crippen molar-refractivity contribution in [3.8, 4) is 0 Å². The summed E-state index contributed by atoms with van der Waals surface area (Å²) in [4.78, 5) is 12.3. The lowest BCUT2D eigenvalue weighted by atomic mass is 9.89. The second kappa shape index (κ2) is 8.18. The van der Waals surface area contributed by atoms with Crippen LogP contribution in [0.3, 0.4) is 0 Å². The largest absolute Gasteiger partial charge is 0.374 e. The maximum absolute atomic E-state index is 12.3. The van der Waals surface area contributed by atoms with Gasteiger partial charge in [-0.25, -0.2) is 5.43 Å². The fourth-order valence-corrected chi connectivity index (χ4v) is 2.77. The van der Waals surface area contributed by atoms with Crippen molar-refractivity contribution in [2.75, 3.05) is 5.32 Å². The number of benzene rings is 1. The molecule has 120 valence electrons. The van der Waals surface area contributed by atoms with E-state index in [0.717, 1.165) is 24.2 Å². The average molecular weight is 322 g/mol. The number of amides is 1. The molecule has 22 heavy (non-hydrogen) atoms. The third-order valence-electron chi connectivity index (χ3n) is 4.11. The molecule has 0 saturated heterocycles. The second-order valence-corrected chi connectivity index (χ2v) is 6.27. The molecule has 0 aliphatic heterocycles. The molecular formula is C17H24ClN3O. The Bertz CT molecular complexity index is 527. The van der Waals surface area contributed by atoms with Crippen LogP contribution >= 0.6 is 11.6 Å². The Morgan fingerprint density at radius 2 is 2.09 bits per heavy atom. The predicted molar refractivity (Wildman–Crippen MR) is 92.4 cm³/mol. The smallest absolute Gasteiger partial charge is 0.262 e. The topological polar surface area (TPSA) is 53.5 Å². The van der Waals surface area contributed by atoms with Crippen LogP contribution in [0.4, 0.5) is 5.69 Å². The molecule has 4 nitrogen and oxygen atoms in total. The van der Waals surface area contributed by atoms with Crippen molar-refractivity contribution in [1.29, 1.82) is 0 Å². The highest BCUT2D eigenvalue weighted by Crippen LogP contribution is 2.20. The van der Waals surface area contributed by atoms with Gasteiger partial charge in [-0.3, -0.25) is 4.79 Å². The number of halogens is 1. The standard InChI is InChI=1S/C17H24ClN3O/c1-3-15(19-14-10-8-13(18)9-11-14)17(22)21-20-16-7-5-4-6-12(16)2/h8-12,15,19H,3-7H2,1-2H3,(H,21,22). The number of carbonyl (C=O) groups excluding carboxylic acids is 1. The van der Waals surface area contributed by atoms with Crippen LogP contribution in [-0.4, -0.2) is 17.7 Å². The van der Waals surface area contributed by atoms with Crippen LogP contribution in [0.1, 0.15) is 46.0 Å². The quantitative estimate of drug-likeness (QED) is 0.798. The minimum Gasteiger partial charge on any atom is -0.374 e. The molecule has 0 heterocycles. The van der Waals surface area contributed by atoms with Crippen LogP contribution in [0.2, 0.25) is 5.02 Å². The number of nitrogens with zero attached hydrogens (tertiary/aromatic N) is 1. The summed E-state index contributed by atoms with van der Waals surface area (Å²) < 4.78 is 0. The van der Waals surface area contributed by atoms with Gasteiger partial charge >= 0.3 is 0 Å². The zero-order chi connectivity index (χ0) is 15.9. The van der Waals surface area contributed by atoms with Gasteiger partial charge in [-0.1, -0.05) is 31.9 Å². The van der Waals surface area contributed by atoms with Gasteiger partial charge in [0.15, 0.2) is 0 Å². The van der Waals surface area contributed by atoms with E-state index in [0.29, 0.717) is 17.4 Å². The van der Waals surface area contributed by atoms with Gasteiger partial charge < -0.3 is 5.32 Å². The lowest BCUT2D eigenvalue weighted by Gasteiger charge is -2.21. The van der Waals surface area contributed by atoms with Gasteiger partial charge in [0.05, 0.1) is 0 Å². The van der Waals surface area contributed by atoms with E-state index in [1.54, 1.807) is 12.1 Å². The molecule has 2 unspecified atom stereocenters. The summed E-state index contributed by atoms with van der Waals surface area (Å²) in [6.07, 6.45) is 5.26. The van der Waals surface area contributed by atoms with Gasteiger partial charge in [0.1, 0.15) is 6.04 Å². The highest BCUT2D eigenvalue weighted by molar-refractivity contribution is 6.30. The Morgan fingerprint density at radius 1 is 1.36 bits per heavy atom. The summed E-state index contributed by atoms with van der Waals surface area (Å²) in [5, 5.41) is 8.24. The van der Waals surface area contributed by atoms with Crippen LogP contribution in [0, 0.1) is 5.92 Å². The van der Waals surface area contributed by atoms with Gasteiger partial charge in [0.25, 0.3) is 5.91 Å². The van der Waals surface area contributed by atoms with Crippen molar-refractivity contribution in [3.05, 3.63) is 29.3 Å². The summed E-state index contributed by atoms with van der Waals surface area (Å²) in [6.45, 7) is 4.15. The number of hydrazone groups is 1. The fraction of sp³-hybridized carbons (Fsp3) is 0.529. The van der Waals surface area contributed by atoms with Crippen LogP contribution in [-0.2, 0) is 4.79 Å². The molecule has 1 saturated carbocycles. The first kappa shape index (κ1) is 16.8. The van der Waals surface area contributed by atoms with Crippen molar-refractivity contribution < 1.29 is 4.79 Å². The van der Waals surface area contributed by atoms with E-state index >= 15 is 0 Å². The number of anilines is 1. The van der Waals surface area contributed by atoms with E-state index in [-0.39, 0.29) is 11.9 Å². The Labute approximate surface area is 137 Å². The van der Waals surface area contributed by atoms with E-state index in [1.807, 2.05) is 19.1 Å². The minimum atomic E-state index is -0.301. The van der Waals surface area contributed by atoms with Gasteiger partial charge in [-0.2, -0.15) is 5.10 Å². The molecule has 1 aliphatic rings. The summed E-state index contributed by atoms with van der Waals surface area (Å²) in [5.74, 6) is 0.376. The highest BCUT2D eigenvalue weighted by atomic mass is 35.5. The third kappa shape index (κ3) is 4.73. The van der Waals surface area contributed by atoms with Crippen LogP contribution in [0.15, 0.2) is 29.4 Å². The second-order valence-electron chi connectivity index (χ2n) is 5.84. The van der Waals surface area contributed by atoms with Crippen LogP contribution in [0.25, 0.3) is 0 Å². The lowest BCUT2D eigenvalue weighted by Crippen LogP contribution is -2.37. The van der Waals surface area contributed by atoms with Crippen molar-refractivity contribution in [1.82, 2.24) is 5.43 Å². The van der Waals surface area contributed by atoms with Crippen molar-refractivity contribution >= 4 is 28.9 Å². The molecular weight excluding hydrogens is 298 g/mol. The van der Waals surface area contributed by atoms with Gasteiger partial charge in [0.2, 0.25) is 0 Å². The van der Waals surface area contributed by atoms with Crippen molar-refractivity contribution in [3.63, 3.8) is 0 Å². The molecule has 2 rings (SSSR count). The summed E-state index contributed by atoms with van der Waals surface area (Å²) in [7, 11) is 0. The Hall–Kier alpha value is -1.55. The number of carbonyl (C=O) groups is 1. The molecule has 1 aromatic rings. The van der Waals surface area contributed by atoms with Crippen molar-refractivity contribution in [2.45, 2.75) is 52.0 Å². The van der Waals surface area contributed by atoms with Gasteiger partial charge in [-0.05, 0) is 55.9 Å². The van der Waals surface area contributed by atoms with Crippen LogP contribution < -0.4 is 10.7 Å². The normalized spacial score (nSPS) is 21.4. The van der Waals surface area contributed by atoms with E-state index in [1.165, 1.54) is 12.8 Å². The molecule has 1 fully saturated rings. The van der Waals surface area contributed by atoms with Gasteiger partial charge in [0, 0.05) is 16.4 Å². The number of hydrogen-bond donors (Lipinski definition) is 2. The molecule has 0 radical (unpaired) electrons. The fourth-order valence-electron chi connectivity index (χ4n) is 2.64. The van der Waals surface area contributed by atoms with E-state index in [2.05, 4.69) is 22.8 Å². The first-order valence-corrected chi connectivity index (χ1v) is 8.36. The summed E-state index contributed by atoms with van der Waals surface area (Å²) in [5.41, 5.74) is 4.72. The lowest BCUT2D eigenvalue weighted by molar-refractivity contribution is -0.121. The predicted octanol–water partition coefficient (Wildman–Crippen LogP) is 4.21. The summed E-state index contributed by atoms with van der Waals surface area (Å²) in [6, 6.07) is 7.04. The van der Waals surface area contributed by atoms with Crippen molar-refractivity contribution in [2.24, 2.45) is 11.0 Å². The maximum Gasteiger partial charge on any atom is 0.262 e. The first-order chi connectivity index (χ1) is 10.6. The molecule has 1 aromatic carbocycles. The monoisotopic (exact) mass is 321 g/mol. The third-order valence-corrected chi connectivity index (χ3v) is 4.36. The maximum atomic E-state index is 12.3. The Balaban J connectivity index is 1.93. The molecule has 0 aromatic heterocycles. The Kier molecular flexibility index (Phi) is 6.25. The number of hydrogen-bond acceptors (Lipinski definition) is 3. The molecule has 0 bridgehead atoms. The molecule has 2 N–H and O–H groups in total. The molecule has 1 aliphatic carbocycles. The van der Waals surface area contributed by atoms with Crippen LogP contribution in [0.5, 0.6) is 0 Å². The van der Waals surface area contributed by atoms with E-state index in [9.17, 15) is 4.79 Å². The zero-order valence-electron chi connectivity index (χ0n) is 13.2. The number of rotatable bonds is 5. The molecule has 1 amide bonds. The molecule has 5 heteroatoms. The average Bonchev–Trinajstić information content (AvgIpc) is 2.53. The van der Waals surface area contributed by atoms with E-state index in [4.69, 9.17) is 11.6 Å². The highest BCUT2D eigenvalue weighted by Gasteiger charge is 2.19. The van der Waals surface area contributed by atoms with Gasteiger partial charge in [-0.15, -0.1) is 0 Å². The zero-order valence-corrected chi connectivity index (χ0v) is 14.0. The first-order valence-electron chi connectivity index (χ1n) is 7.98. The molecule has 0 spiro atoms. The SMILES string of the molecule is CCC(Nc1ccc(Cl)cc1)C(=O)NN=C1CCCCC1C.